The molecule has 1 heterocycles. The van der Waals surface area contributed by atoms with E-state index in [1.54, 1.807) is 6.20 Å². The molecule has 1 aliphatic rings. The first-order valence-corrected chi connectivity index (χ1v) is 7.39. The fourth-order valence-electron chi connectivity index (χ4n) is 1.97. The molecule has 1 aromatic carbocycles. The third-order valence-corrected chi connectivity index (χ3v) is 3.31. The van der Waals surface area contributed by atoms with Gasteiger partial charge in [-0.3, -0.25) is 4.98 Å². The van der Waals surface area contributed by atoms with E-state index >= 15 is 0 Å². The largest absolute Gasteiger partial charge is 0.490 e. The van der Waals surface area contributed by atoms with Crippen LogP contribution >= 0.6 is 0 Å². The minimum absolute atomic E-state index is 0.510. The van der Waals surface area contributed by atoms with Crippen molar-refractivity contribution in [3.63, 3.8) is 0 Å². The van der Waals surface area contributed by atoms with Crippen LogP contribution in [0.2, 0.25) is 0 Å². The minimum atomic E-state index is 0.510. The summed E-state index contributed by atoms with van der Waals surface area (Å²) < 4.78 is 11.2. The zero-order valence-corrected chi connectivity index (χ0v) is 12.0. The fourth-order valence-corrected chi connectivity index (χ4v) is 1.97. The molecule has 1 aromatic heterocycles. The van der Waals surface area contributed by atoms with Crippen molar-refractivity contribution in [2.24, 2.45) is 0 Å². The van der Waals surface area contributed by atoms with E-state index in [9.17, 15) is 0 Å². The molecule has 0 saturated heterocycles. The van der Waals surface area contributed by atoms with E-state index in [2.05, 4.69) is 10.3 Å². The zero-order valence-electron chi connectivity index (χ0n) is 12.0. The fraction of sp³-hybridized carbons (Fsp3) is 0.353. The number of aromatic nitrogens is 1. The number of hydrogen-bond donors (Lipinski definition) is 1. The number of benzene rings is 1. The average Bonchev–Trinajstić information content (AvgIpc) is 3.36. The number of nitrogens with zero attached hydrogens (tertiary/aromatic N) is 1. The summed E-state index contributed by atoms with van der Waals surface area (Å²) in [6.45, 7) is 1.87. The molecule has 0 unspecified atom stereocenters. The van der Waals surface area contributed by atoms with Gasteiger partial charge in [0.05, 0.1) is 11.9 Å². The van der Waals surface area contributed by atoms with Gasteiger partial charge in [-0.05, 0) is 37.1 Å². The van der Waals surface area contributed by atoms with Crippen LogP contribution in [0.1, 0.15) is 18.5 Å². The highest BCUT2D eigenvalue weighted by molar-refractivity contribution is 5.21. The third kappa shape index (κ3) is 4.76. The first-order chi connectivity index (χ1) is 10.4. The molecule has 1 saturated carbocycles. The highest BCUT2D eigenvalue weighted by atomic mass is 16.5. The monoisotopic (exact) mass is 284 g/mol. The third-order valence-electron chi connectivity index (χ3n) is 3.31. The number of para-hydroxylation sites is 1. The summed E-state index contributed by atoms with van der Waals surface area (Å²) in [5, 5.41) is 3.44. The Labute approximate surface area is 125 Å². The minimum Gasteiger partial charge on any atom is -0.490 e. The highest BCUT2D eigenvalue weighted by Gasteiger charge is 2.19. The van der Waals surface area contributed by atoms with Crippen LogP contribution in [0.4, 0.5) is 0 Å². The second kappa shape index (κ2) is 7.09. The van der Waals surface area contributed by atoms with Crippen molar-refractivity contribution >= 4 is 0 Å². The van der Waals surface area contributed by atoms with Gasteiger partial charge in [0.1, 0.15) is 24.7 Å². The van der Waals surface area contributed by atoms with Gasteiger partial charge < -0.3 is 14.8 Å². The lowest BCUT2D eigenvalue weighted by atomic mass is 10.3. The van der Waals surface area contributed by atoms with Crippen LogP contribution in [-0.4, -0.2) is 24.2 Å². The molecule has 4 nitrogen and oxygen atoms in total. The Hall–Kier alpha value is -2.07. The summed E-state index contributed by atoms with van der Waals surface area (Å²) >= 11 is 0. The lowest BCUT2D eigenvalue weighted by molar-refractivity contribution is 0.216. The van der Waals surface area contributed by atoms with Crippen LogP contribution in [0, 0.1) is 0 Å². The molecular formula is C17H20N2O2. The van der Waals surface area contributed by atoms with E-state index in [-0.39, 0.29) is 0 Å². The normalized spacial score (nSPS) is 13.9. The van der Waals surface area contributed by atoms with E-state index < -0.39 is 0 Å². The number of ether oxygens (including phenoxy) is 2. The summed E-state index contributed by atoms with van der Waals surface area (Å²) in [7, 11) is 0. The molecular weight excluding hydrogens is 264 g/mol. The quantitative estimate of drug-likeness (QED) is 0.757. The molecule has 1 N–H and O–H groups in total. The first-order valence-electron chi connectivity index (χ1n) is 7.39. The van der Waals surface area contributed by atoms with E-state index in [1.807, 2.05) is 42.5 Å². The average molecular weight is 284 g/mol. The molecule has 0 spiro atoms. The van der Waals surface area contributed by atoms with E-state index in [1.165, 1.54) is 12.8 Å². The summed E-state index contributed by atoms with van der Waals surface area (Å²) in [6.07, 6.45) is 4.36. The predicted octanol–water partition coefficient (Wildman–Crippen LogP) is 2.79. The first kappa shape index (κ1) is 13.9. The smallest absolute Gasteiger partial charge is 0.137 e. The van der Waals surface area contributed by atoms with Gasteiger partial charge >= 0.3 is 0 Å². The van der Waals surface area contributed by atoms with Crippen molar-refractivity contribution in [2.45, 2.75) is 25.4 Å². The molecule has 2 aromatic rings. The van der Waals surface area contributed by atoms with Crippen LogP contribution in [0.5, 0.6) is 11.5 Å². The van der Waals surface area contributed by atoms with Crippen LogP contribution in [0.15, 0.2) is 48.7 Å². The SMILES string of the molecule is c1ccc(OCCOc2ccc(CNC3CC3)nc2)cc1. The maximum atomic E-state index is 5.61. The highest BCUT2D eigenvalue weighted by Crippen LogP contribution is 2.19. The van der Waals surface area contributed by atoms with Crippen molar-refractivity contribution in [1.29, 1.82) is 0 Å². The predicted molar refractivity (Wildman–Crippen MR) is 81.5 cm³/mol. The Balaban J connectivity index is 1.36. The lowest BCUT2D eigenvalue weighted by Crippen LogP contribution is -2.16. The molecule has 4 heteroatoms. The van der Waals surface area contributed by atoms with Crippen LogP contribution in [-0.2, 0) is 6.54 Å². The Morgan fingerprint density at radius 1 is 0.952 bits per heavy atom. The molecule has 1 fully saturated rings. The van der Waals surface area contributed by atoms with Crippen LogP contribution < -0.4 is 14.8 Å². The maximum Gasteiger partial charge on any atom is 0.137 e. The van der Waals surface area contributed by atoms with Gasteiger partial charge in [-0.2, -0.15) is 0 Å². The Kier molecular flexibility index (Phi) is 4.69. The van der Waals surface area contributed by atoms with Gasteiger partial charge in [-0.15, -0.1) is 0 Å². The van der Waals surface area contributed by atoms with Crippen molar-refractivity contribution in [3.05, 3.63) is 54.4 Å². The van der Waals surface area contributed by atoms with E-state index in [0.29, 0.717) is 19.3 Å². The van der Waals surface area contributed by atoms with E-state index in [4.69, 9.17) is 9.47 Å². The molecule has 0 atom stereocenters. The summed E-state index contributed by atoms with van der Waals surface area (Å²) in [4.78, 5) is 4.39. The maximum absolute atomic E-state index is 5.61. The van der Waals surface area contributed by atoms with Gasteiger partial charge in [0.15, 0.2) is 0 Å². The van der Waals surface area contributed by atoms with Gasteiger partial charge in [0.2, 0.25) is 0 Å². The molecule has 0 radical (unpaired) electrons. The number of pyridine rings is 1. The molecule has 0 amide bonds. The second-order valence-electron chi connectivity index (χ2n) is 5.15. The molecule has 3 rings (SSSR count). The standard InChI is InChI=1S/C17H20N2O2/c1-2-4-16(5-3-1)20-10-11-21-17-9-8-15(19-13-17)12-18-14-6-7-14/h1-5,8-9,13-14,18H,6-7,10-12H2. The zero-order chi connectivity index (χ0) is 14.3. The second-order valence-corrected chi connectivity index (χ2v) is 5.15. The van der Waals surface area contributed by atoms with Crippen molar-refractivity contribution in [2.75, 3.05) is 13.2 Å². The van der Waals surface area contributed by atoms with Gasteiger partial charge in [-0.1, -0.05) is 18.2 Å². The molecule has 21 heavy (non-hydrogen) atoms. The van der Waals surface area contributed by atoms with Gasteiger partial charge in [0, 0.05) is 12.6 Å². The van der Waals surface area contributed by atoms with Crippen LogP contribution in [0.3, 0.4) is 0 Å². The van der Waals surface area contributed by atoms with E-state index in [0.717, 1.165) is 23.7 Å². The molecule has 0 bridgehead atoms. The molecule has 110 valence electrons. The van der Waals surface area contributed by atoms with Crippen LogP contribution in [0.25, 0.3) is 0 Å². The Morgan fingerprint density at radius 3 is 2.38 bits per heavy atom. The number of nitrogens with one attached hydrogen (secondary N) is 1. The number of rotatable bonds is 8. The summed E-state index contributed by atoms with van der Waals surface area (Å²) in [5.74, 6) is 1.64. The van der Waals surface area contributed by atoms with Crippen molar-refractivity contribution in [3.8, 4) is 11.5 Å². The van der Waals surface area contributed by atoms with Gasteiger partial charge in [0.25, 0.3) is 0 Å². The van der Waals surface area contributed by atoms with Crippen molar-refractivity contribution < 1.29 is 9.47 Å². The summed E-state index contributed by atoms with van der Waals surface area (Å²) in [5.41, 5.74) is 1.05. The lowest BCUT2D eigenvalue weighted by Gasteiger charge is -2.08. The molecule has 1 aliphatic carbocycles. The molecule has 0 aliphatic heterocycles. The van der Waals surface area contributed by atoms with Crippen molar-refractivity contribution in [1.82, 2.24) is 10.3 Å². The van der Waals surface area contributed by atoms with Gasteiger partial charge in [-0.25, -0.2) is 0 Å². The summed E-state index contributed by atoms with van der Waals surface area (Å²) in [6, 6.07) is 14.4. The topological polar surface area (TPSA) is 43.4 Å². The number of hydrogen-bond acceptors (Lipinski definition) is 4. The Morgan fingerprint density at radius 2 is 1.71 bits per heavy atom. The Bertz CT molecular complexity index is 538.